The molecule has 5 nitrogen and oxygen atoms in total. The average Bonchev–Trinajstić information content (AvgIpc) is 2.87. The largest absolute Gasteiger partial charge is 0.497 e. The van der Waals surface area contributed by atoms with Crippen LogP contribution in [-0.2, 0) is 0 Å². The number of aryl methyl sites for hydroxylation is 2. The van der Waals surface area contributed by atoms with Gasteiger partial charge >= 0.3 is 0 Å². The summed E-state index contributed by atoms with van der Waals surface area (Å²) in [4.78, 5) is 17.0. The van der Waals surface area contributed by atoms with E-state index < -0.39 is 0 Å². The molecule has 2 heterocycles. The van der Waals surface area contributed by atoms with E-state index in [1.807, 2.05) is 37.8 Å². The third kappa shape index (κ3) is 2.98. The van der Waals surface area contributed by atoms with E-state index in [-0.39, 0.29) is 5.91 Å². The molecule has 5 heteroatoms. The number of methoxy groups -OCH3 is 1. The van der Waals surface area contributed by atoms with Crippen molar-refractivity contribution in [3.8, 4) is 5.75 Å². The zero-order chi connectivity index (χ0) is 17.3. The van der Waals surface area contributed by atoms with Gasteiger partial charge in [-0.05, 0) is 45.0 Å². The van der Waals surface area contributed by atoms with Gasteiger partial charge in [-0.1, -0.05) is 0 Å². The van der Waals surface area contributed by atoms with Crippen LogP contribution in [0, 0.1) is 20.8 Å². The van der Waals surface area contributed by atoms with Crippen LogP contribution in [0.2, 0.25) is 0 Å². The Morgan fingerprint density at radius 2 is 1.62 bits per heavy atom. The fourth-order valence-electron chi connectivity index (χ4n) is 3.23. The highest BCUT2D eigenvalue weighted by Gasteiger charge is 2.27. The van der Waals surface area contributed by atoms with Gasteiger partial charge in [-0.15, -0.1) is 0 Å². The Kier molecular flexibility index (Phi) is 4.51. The fraction of sp³-hybridized carbons (Fsp3) is 0.421. The first kappa shape index (κ1) is 16.4. The fourth-order valence-corrected chi connectivity index (χ4v) is 3.23. The first-order valence-electron chi connectivity index (χ1n) is 8.26. The van der Waals surface area contributed by atoms with E-state index in [2.05, 4.69) is 17.0 Å². The van der Waals surface area contributed by atoms with Crippen LogP contribution < -0.4 is 9.64 Å². The summed E-state index contributed by atoms with van der Waals surface area (Å²) in [7, 11) is 1.67. The molecule has 0 saturated carbocycles. The van der Waals surface area contributed by atoms with Gasteiger partial charge in [-0.2, -0.15) is 0 Å². The second-order valence-electron chi connectivity index (χ2n) is 6.19. The van der Waals surface area contributed by atoms with Crippen molar-refractivity contribution in [2.75, 3.05) is 38.2 Å². The molecule has 0 bridgehead atoms. The molecule has 0 aliphatic carbocycles. The third-order valence-electron chi connectivity index (χ3n) is 4.78. The van der Waals surface area contributed by atoms with E-state index in [9.17, 15) is 4.79 Å². The van der Waals surface area contributed by atoms with Crippen molar-refractivity contribution in [2.45, 2.75) is 20.8 Å². The van der Waals surface area contributed by atoms with Gasteiger partial charge in [0.2, 0.25) is 0 Å². The minimum atomic E-state index is 0.0798. The Bertz CT molecular complexity index is 726. The number of amides is 1. The molecule has 1 saturated heterocycles. The van der Waals surface area contributed by atoms with Crippen LogP contribution in [0.25, 0.3) is 0 Å². The SMILES string of the molecule is COc1ccc(N2CCN(C(=O)c3c(C)oc(C)c3C)CC2)cc1. The minimum Gasteiger partial charge on any atom is -0.497 e. The van der Waals surface area contributed by atoms with Crippen LogP contribution in [0.5, 0.6) is 5.75 Å². The summed E-state index contributed by atoms with van der Waals surface area (Å²) in [6.07, 6.45) is 0. The standard InChI is InChI=1S/C19H24N2O3/c1-13-14(2)24-15(3)18(13)19(22)21-11-9-20(10-12-21)16-5-7-17(23-4)8-6-16/h5-8H,9-12H2,1-4H3. The molecule has 1 aromatic heterocycles. The molecule has 1 amide bonds. The van der Waals surface area contributed by atoms with Crippen LogP contribution >= 0.6 is 0 Å². The number of hydrogen-bond acceptors (Lipinski definition) is 4. The Morgan fingerprint density at radius 3 is 2.12 bits per heavy atom. The van der Waals surface area contributed by atoms with Crippen molar-refractivity contribution < 1.29 is 13.9 Å². The second kappa shape index (κ2) is 6.59. The van der Waals surface area contributed by atoms with E-state index in [1.54, 1.807) is 7.11 Å². The maximum absolute atomic E-state index is 12.8. The number of nitrogens with zero attached hydrogens (tertiary/aromatic N) is 2. The lowest BCUT2D eigenvalue weighted by molar-refractivity contribution is 0.0744. The zero-order valence-corrected chi connectivity index (χ0v) is 14.8. The molecule has 0 unspecified atom stereocenters. The molecular weight excluding hydrogens is 304 g/mol. The van der Waals surface area contributed by atoms with Gasteiger partial charge in [-0.25, -0.2) is 0 Å². The molecule has 0 atom stereocenters. The lowest BCUT2D eigenvalue weighted by Gasteiger charge is -2.36. The van der Waals surface area contributed by atoms with Gasteiger partial charge in [0.05, 0.1) is 12.7 Å². The van der Waals surface area contributed by atoms with Crippen molar-refractivity contribution in [3.63, 3.8) is 0 Å². The summed E-state index contributed by atoms with van der Waals surface area (Å²) in [5, 5.41) is 0. The molecule has 2 aromatic rings. The van der Waals surface area contributed by atoms with Gasteiger partial charge in [0.1, 0.15) is 17.3 Å². The molecule has 1 fully saturated rings. The predicted molar refractivity (Wildman–Crippen MR) is 94.0 cm³/mol. The van der Waals surface area contributed by atoms with Crippen LogP contribution in [0.4, 0.5) is 5.69 Å². The van der Waals surface area contributed by atoms with Crippen LogP contribution in [0.1, 0.15) is 27.4 Å². The van der Waals surface area contributed by atoms with Crippen molar-refractivity contribution in [2.24, 2.45) is 0 Å². The van der Waals surface area contributed by atoms with Gasteiger partial charge in [0.15, 0.2) is 0 Å². The van der Waals surface area contributed by atoms with Crippen molar-refractivity contribution in [1.29, 1.82) is 0 Å². The maximum Gasteiger partial charge on any atom is 0.257 e. The number of hydrogen-bond donors (Lipinski definition) is 0. The lowest BCUT2D eigenvalue weighted by atomic mass is 10.1. The number of carbonyl (C=O) groups excluding carboxylic acids is 1. The molecule has 0 N–H and O–H groups in total. The Morgan fingerprint density at radius 1 is 1.00 bits per heavy atom. The van der Waals surface area contributed by atoms with Crippen LogP contribution in [-0.4, -0.2) is 44.1 Å². The van der Waals surface area contributed by atoms with Gasteiger partial charge in [0, 0.05) is 37.4 Å². The highest BCUT2D eigenvalue weighted by Crippen LogP contribution is 2.24. The topological polar surface area (TPSA) is 45.9 Å². The number of piperazine rings is 1. The highest BCUT2D eigenvalue weighted by molar-refractivity contribution is 5.97. The molecule has 1 aliphatic rings. The van der Waals surface area contributed by atoms with Crippen LogP contribution in [0.15, 0.2) is 28.7 Å². The summed E-state index contributed by atoms with van der Waals surface area (Å²) >= 11 is 0. The molecule has 1 aliphatic heterocycles. The normalized spacial score (nSPS) is 14.8. The van der Waals surface area contributed by atoms with E-state index in [0.29, 0.717) is 18.8 Å². The van der Waals surface area contributed by atoms with Crippen molar-refractivity contribution >= 4 is 11.6 Å². The molecule has 0 radical (unpaired) electrons. The van der Waals surface area contributed by atoms with E-state index >= 15 is 0 Å². The molecule has 0 spiro atoms. The number of anilines is 1. The number of rotatable bonds is 3. The lowest BCUT2D eigenvalue weighted by Crippen LogP contribution is -2.49. The number of carbonyl (C=O) groups is 1. The van der Waals surface area contributed by atoms with Crippen LogP contribution in [0.3, 0.4) is 0 Å². The second-order valence-corrected chi connectivity index (χ2v) is 6.19. The Labute approximate surface area is 142 Å². The Balaban J connectivity index is 1.67. The van der Waals surface area contributed by atoms with E-state index in [1.165, 1.54) is 0 Å². The smallest absolute Gasteiger partial charge is 0.257 e. The molecule has 3 rings (SSSR count). The summed E-state index contributed by atoms with van der Waals surface area (Å²) < 4.78 is 10.8. The summed E-state index contributed by atoms with van der Waals surface area (Å²) in [5.74, 6) is 2.48. The summed E-state index contributed by atoms with van der Waals surface area (Å²) in [5.41, 5.74) is 2.84. The van der Waals surface area contributed by atoms with Crippen molar-refractivity contribution in [1.82, 2.24) is 4.90 Å². The Hall–Kier alpha value is -2.43. The molecular formula is C19H24N2O3. The average molecular weight is 328 g/mol. The van der Waals surface area contributed by atoms with Crippen molar-refractivity contribution in [3.05, 3.63) is 46.9 Å². The number of furan rings is 1. The first-order valence-corrected chi connectivity index (χ1v) is 8.26. The summed E-state index contributed by atoms with van der Waals surface area (Å²) in [6.45, 7) is 8.80. The predicted octanol–water partition coefficient (Wildman–Crippen LogP) is 3.18. The van der Waals surface area contributed by atoms with Gasteiger partial charge in [-0.3, -0.25) is 4.79 Å². The zero-order valence-electron chi connectivity index (χ0n) is 14.8. The maximum atomic E-state index is 12.8. The molecule has 1 aromatic carbocycles. The highest BCUT2D eigenvalue weighted by atomic mass is 16.5. The summed E-state index contributed by atoms with van der Waals surface area (Å²) in [6, 6.07) is 8.05. The van der Waals surface area contributed by atoms with Gasteiger partial charge < -0.3 is 19.0 Å². The number of benzene rings is 1. The number of ether oxygens (including phenoxy) is 1. The molecule has 128 valence electrons. The minimum absolute atomic E-state index is 0.0798. The van der Waals surface area contributed by atoms with Gasteiger partial charge in [0.25, 0.3) is 5.91 Å². The van der Waals surface area contributed by atoms with E-state index in [4.69, 9.17) is 9.15 Å². The monoisotopic (exact) mass is 328 g/mol. The molecule has 24 heavy (non-hydrogen) atoms. The third-order valence-corrected chi connectivity index (χ3v) is 4.78. The quantitative estimate of drug-likeness (QED) is 0.868. The van der Waals surface area contributed by atoms with E-state index in [0.717, 1.165) is 41.4 Å². The first-order chi connectivity index (χ1) is 11.5.